The minimum atomic E-state index is 0.0748. The van der Waals surface area contributed by atoms with Crippen LogP contribution < -0.4 is 5.32 Å². The van der Waals surface area contributed by atoms with Crippen molar-refractivity contribution >= 4 is 11.7 Å². The maximum absolute atomic E-state index is 11.7. The lowest BCUT2D eigenvalue weighted by atomic mass is 10.0. The van der Waals surface area contributed by atoms with Crippen molar-refractivity contribution in [1.29, 1.82) is 0 Å². The molecule has 0 radical (unpaired) electrons. The molecule has 0 fully saturated rings. The Bertz CT molecular complexity index is 747. The highest BCUT2D eigenvalue weighted by molar-refractivity contribution is 5.74. The maximum Gasteiger partial charge on any atom is 0.219 e. The van der Waals surface area contributed by atoms with E-state index < -0.39 is 0 Å². The Morgan fingerprint density at radius 1 is 1.32 bits per heavy atom. The summed E-state index contributed by atoms with van der Waals surface area (Å²) in [5, 5.41) is 3.43. The van der Waals surface area contributed by atoms with Gasteiger partial charge in [-0.15, -0.1) is 0 Å². The molecular formula is C18H24N6O. The van der Waals surface area contributed by atoms with Crippen LogP contribution in [0.25, 0.3) is 11.5 Å². The molecule has 3 rings (SSSR count). The average Bonchev–Trinajstić information content (AvgIpc) is 2.61. The number of nitrogens with zero attached hydrogens (tertiary/aromatic N) is 5. The zero-order valence-corrected chi connectivity index (χ0v) is 15.0. The third-order valence-electron chi connectivity index (χ3n) is 4.26. The van der Waals surface area contributed by atoms with Gasteiger partial charge in [-0.2, -0.15) is 0 Å². The van der Waals surface area contributed by atoms with E-state index in [0.29, 0.717) is 18.9 Å². The fourth-order valence-corrected chi connectivity index (χ4v) is 2.85. The van der Waals surface area contributed by atoms with Crippen LogP contribution in [-0.4, -0.2) is 64.4 Å². The van der Waals surface area contributed by atoms with Gasteiger partial charge in [0.15, 0.2) is 5.82 Å². The molecule has 7 heteroatoms. The monoisotopic (exact) mass is 340 g/mol. The van der Waals surface area contributed by atoms with E-state index in [1.165, 1.54) is 0 Å². The predicted octanol–water partition coefficient (Wildman–Crippen LogP) is 1.42. The summed E-state index contributed by atoms with van der Waals surface area (Å²) < 4.78 is 0. The van der Waals surface area contributed by atoms with E-state index in [1.807, 2.05) is 37.2 Å². The summed E-state index contributed by atoms with van der Waals surface area (Å²) in [5.74, 6) is 1.53. The summed E-state index contributed by atoms with van der Waals surface area (Å²) in [6, 6.07) is 5.69. The summed E-state index contributed by atoms with van der Waals surface area (Å²) in [4.78, 5) is 29.5. The quantitative estimate of drug-likeness (QED) is 0.887. The van der Waals surface area contributed by atoms with Gasteiger partial charge < -0.3 is 15.1 Å². The first-order valence-corrected chi connectivity index (χ1v) is 8.50. The fourth-order valence-electron chi connectivity index (χ4n) is 2.85. The van der Waals surface area contributed by atoms with Crippen LogP contribution in [0.3, 0.4) is 0 Å². The molecule has 1 N–H and O–H groups in total. The van der Waals surface area contributed by atoms with E-state index >= 15 is 0 Å². The molecule has 0 atom stereocenters. The van der Waals surface area contributed by atoms with Gasteiger partial charge in [-0.1, -0.05) is 6.07 Å². The number of rotatable bonds is 5. The summed E-state index contributed by atoms with van der Waals surface area (Å²) in [6.07, 6.45) is 2.50. The molecule has 1 aliphatic rings. The highest BCUT2D eigenvalue weighted by Gasteiger charge is 2.24. The minimum Gasteiger partial charge on any atom is -0.368 e. The molecule has 0 bridgehead atoms. The number of anilines is 1. The second-order valence-corrected chi connectivity index (χ2v) is 6.46. The second-order valence-electron chi connectivity index (χ2n) is 6.46. The van der Waals surface area contributed by atoms with E-state index in [-0.39, 0.29) is 5.91 Å². The largest absolute Gasteiger partial charge is 0.368 e. The first kappa shape index (κ1) is 17.3. The van der Waals surface area contributed by atoms with Crippen LogP contribution in [0.15, 0.2) is 24.4 Å². The zero-order valence-electron chi connectivity index (χ0n) is 15.0. The Labute approximate surface area is 148 Å². The minimum absolute atomic E-state index is 0.0748. The molecule has 1 aliphatic heterocycles. The molecule has 132 valence electrons. The SMILES string of the molecule is CC(=O)N1CCc2c(nc(-c3ccccn3)nc2NCCN(C)C)C1. The van der Waals surface area contributed by atoms with Gasteiger partial charge in [0.05, 0.1) is 12.2 Å². The lowest BCUT2D eigenvalue weighted by molar-refractivity contribution is -0.129. The van der Waals surface area contributed by atoms with Crippen molar-refractivity contribution in [1.82, 2.24) is 24.8 Å². The van der Waals surface area contributed by atoms with Gasteiger partial charge in [0.1, 0.15) is 11.5 Å². The van der Waals surface area contributed by atoms with E-state index in [4.69, 9.17) is 9.97 Å². The van der Waals surface area contributed by atoms with E-state index in [9.17, 15) is 4.79 Å². The number of nitrogens with one attached hydrogen (secondary N) is 1. The Morgan fingerprint density at radius 3 is 2.84 bits per heavy atom. The highest BCUT2D eigenvalue weighted by atomic mass is 16.2. The third kappa shape index (κ3) is 4.11. The standard InChI is InChI=1S/C18H24N6O/c1-13(25)24-10-7-14-16(12-24)21-18(15-6-4-5-8-19-15)22-17(14)20-9-11-23(2)3/h4-6,8H,7,9-12H2,1-3H3,(H,20,21,22). The molecule has 7 nitrogen and oxygen atoms in total. The normalized spacial score (nSPS) is 13.7. The van der Waals surface area contributed by atoms with Crippen molar-refractivity contribution in [3.8, 4) is 11.5 Å². The number of pyridine rings is 1. The van der Waals surface area contributed by atoms with Crippen LogP contribution in [0.5, 0.6) is 0 Å². The number of carbonyl (C=O) groups is 1. The van der Waals surface area contributed by atoms with Gasteiger partial charge in [0, 0.05) is 38.3 Å². The van der Waals surface area contributed by atoms with Gasteiger partial charge >= 0.3 is 0 Å². The summed E-state index contributed by atoms with van der Waals surface area (Å²) in [5.41, 5.74) is 2.75. The molecular weight excluding hydrogens is 316 g/mol. The number of fused-ring (bicyclic) bond motifs is 1. The van der Waals surface area contributed by atoms with Crippen LogP contribution >= 0.6 is 0 Å². The Balaban J connectivity index is 1.95. The summed E-state index contributed by atoms with van der Waals surface area (Å²) in [7, 11) is 4.09. The number of aromatic nitrogens is 3. The summed E-state index contributed by atoms with van der Waals surface area (Å²) >= 11 is 0. The van der Waals surface area contributed by atoms with E-state index in [1.54, 1.807) is 13.1 Å². The highest BCUT2D eigenvalue weighted by Crippen LogP contribution is 2.26. The molecule has 3 heterocycles. The summed E-state index contributed by atoms with van der Waals surface area (Å²) in [6.45, 7) is 4.54. The molecule has 0 aromatic carbocycles. The topological polar surface area (TPSA) is 74.2 Å². The zero-order chi connectivity index (χ0) is 17.8. The van der Waals surface area contributed by atoms with Gasteiger partial charge in [-0.25, -0.2) is 9.97 Å². The van der Waals surface area contributed by atoms with Gasteiger partial charge in [-0.05, 0) is 32.6 Å². The number of amides is 1. The molecule has 0 saturated heterocycles. The fraction of sp³-hybridized carbons (Fsp3) is 0.444. The van der Waals surface area contributed by atoms with E-state index in [2.05, 4.69) is 15.2 Å². The maximum atomic E-state index is 11.7. The molecule has 0 aliphatic carbocycles. The number of hydrogen-bond donors (Lipinski definition) is 1. The molecule has 0 spiro atoms. The lowest BCUT2D eigenvalue weighted by Gasteiger charge is -2.28. The molecule has 2 aromatic rings. The van der Waals surface area contributed by atoms with Crippen molar-refractivity contribution < 1.29 is 4.79 Å². The third-order valence-corrected chi connectivity index (χ3v) is 4.26. The molecule has 0 saturated carbocycles. The molecule has 0 unspecified atom stereocenters. The molecule has 25 heavy (non-hydrogen) atoms. The smallest absolute Gasteiger partial charge is 0.219 e. The van der Waals surface area contributed by atoms with Crippen LogP contribution in [-0.2, 0) is 17.8 Å². The van der Waals surface area contributed by atoms with Gasteiger partial charge in [0.25, 0.3) is 0 Å². The van der Waals surface area contributed by atoms with Crippen molar-refractivity contribution in [2.24, 2.45) is 0 Å². The number of likely N-dealkylation sites (N-methyl/N-ethyl adjacent to an activating group) is 1. The van der Waals surface area contributed by atoms with E-state index in [0.717, 1.165) is 42.3 Å². The predicted molar refractivity (Wildman–Crippen MR) is 97.1 cm³/mol. The second kappa shape index (κ2) is 7.57. The van der Waals surface area contributed by atoms with Crippen molar-refractivity contribution in [2.45, 2.75) is 19.9 Å². The van der Waals surface area contributed by atoms with Crippen LogP contribution in [0, 0.1) is 0 Å². The van der Waals surface area contributed by atoms with Crippen LogP contribution in [0.2, 0.25) is 0 Å². The Kier molecular flexibility index (Phi) is 5.23. The first-order chi connectivity index (χ1) is 12.0. The number of carbonyl (C=O) groups excluding carboxylic acids is 1. The Morgan fingerprint density at radius 2 is 2.16 bits per heavy atom. The first-order valence-electron chi connectivity index (χ1n) is 8.50. The molecule has 2 aromatic heterocycles. The van der Waals surface area contributed by atoms with Crippen molar-refractivity contribution in [3.63, 3.8) is 0 Å². The van der Waals surface area contributed by atoms with Gasteiger partial charge in [0.2, 0.25) is 5.91 Å². The van der Waals surface area contributed by atoms with Crippen LogP contribution in [0.4, 0.5) is 5.82 Å². The molecule has 1 amide bonds. The lowest BCUT2D eigenvalue weighted by Crippen LogP contribution is -2.35. The van der Waals surface area contributed by atoms with Gasteiger partial charge in [-0.3, -0.25) is 9.78 Å². The number of hydrogen-bond acceptors (Lipinski definition) is 6. The van der Waals surface area contributed by atoms with Crippen LogP contribution in [0.1, 0.15) is 18.2 Å². The van der Waals surface area contributed by atoms with Crippen molar-refractivity contribution in [2.75, 3.05) is 39.0 Å². The van der Waals surface area contributed by atoms with Crippen molar-refractivity contribution in [3.05, 3.63) is 35.7 Å². The average molecular weight is 340 g/mol. The Hall–Kier alpha value is -2.54.